The van der Waals surface area contributed by atoms with Crippen molar-refractivity contribution >= 4 is 28.9 Å². The molecule has 0 atom stereocenters. The van der Waals surface area contributed by atoms with Crippen molar-refractivity contribution in [3.8, 4) is 11.5 Å². The second-order valence-electron chi connectivity index (χ2n) is 6.10. The highest BCUT2D eigenvalue weighted by Crippen LogP contribution is 2.60. The van der Waals surface area contributed by atoms with Crippen LogP contribution in [0, 0.1) is 0 Å². The number of thioether (sulfide) groups is 1. The van der Waals surface area contributed by atoms with Gasteiger partial charge in [0.2, 0.25) is 11.2 Å². The highest BCUT2D eigenvalue weighted by Gasteiger charge is 2.41. The van der Waals surface area contributed by atoms with Gasteiger partial charge in [-0.2, -0.15) is 0 Å². The molecular weight excluding hydrogens is 415 g/mol. The lowest BCUT2D eigenvalue weighted by atomic mass is 9.98. The summed E-state index contributed by atoms with van der Waals surface area (Å²) < 4.78 is 48.1. The van der Waals surface area contributed by atoms with Crippen LogP contribution in [0.3, 0.4) is 0 Å². The lowest BCUT2D eigenvalue weighted by molar-refractivity contribution is -0.134. The molecule has 0 radical (unpaired) electrons. The molecule has 0 spiro atoms. The SMILES string of the molecule is O=C(NO)C1(Sc2ccc(Oc3ccc(S(F)(F)F)cc3)cc2)CCOCC1. The third-order valence-electron chi connectivity index (χ3n) is 4.28. The molecule has 28 heavy (non-hydrogen) atoms. The lowest BCUT2D eigenvalue weighted by Gasteiger charge is -2.34. The number of nitrogens with one attached hydrogen (secondary N) is 1. The number of hydroxylamine groups is 1. The Labute approximate surface area is 166 Å². The first-order chi connectivity index (χ1) is 13.3. The molecule has 1 amide bonds. The summed E-state index contributed by atoms with van der Waals surface area (Å²) in [5.41, 5.74) is 1.74. The van der Waals surface area contributed by atoms with Crippen LogP contribution in [0.15, 0.2) is 58.3 Å². The molecule has 1 aliphatic heterocycles. The summed E-state index contributed by atoms with van der Waals surface area (Å²) in [5, 5.41) is 9.07. The summed E-state index contributed by atoms with van der Waals surface area (Å²) >= 11 is -3.91. The van der Waals surface area contributed by atoms with Crippen molar-refractivity contribution < 1.29 is 31.1 Å². The van der Waals surface area contributed by atoms with E-state index in [1.807, 2.05) is 0 Å². The van der Waals surface area contributed by atoms with Crippen LogP contribution in [-0.4, -0.2) is 29.1 Å². The van der Waals surface area contributed by atoms with E-state index in [1.165, 1.54) is 23.9 Å². The Morgan fingerprint density at radius 3 is 2.07 bits per heavy atom. The molecule has 0 aromatic heterocycles. The largest absolute Gasteiger partial charge is 0.457 e. The van der Waals surface area contributed by atoms with Gasteiger partial charge in [-0.3, -0.25) is 10.0 Å². The maximum absolute atomic E-state index is 12.7. The number of amides is 1. The minimum Gasteiger partial charge on any atom is -0.457 e. The number of halogens is 3. The molecule has 0 saturated carbocycles. The van der Waals surface area contributed by atoms with Crippen molar-refractivity contribution in [3.05, 3.63) is 48.5 Å². The first kappa shape index (κ1) is 20.8. The van der Waals surface area contributed by atoms with Gasteiger partial charge in [-0.05, 0) is 61.4 Å². The summed E-state index contributed by atoms with van der Waals surface area (Å²) in [4.78, 5) is 12.3. The summed E-state index contributed by atoms with van der Waals surface area (Å²) in [6.07, 6.45) is 0.936. The van der Waals surface area contributed by atoms with Crippen LogP contribution < -0.4 is 10.2 Å². The molecule has 1 aliphatic rings. The Kier molecular flexibility index (Phi) is 6.43. The number of ether oxygens (including phenoxy) is 2. The molecule has 0 bridgehead atoms. The zero-order chi connectivity index (χ0) is 20.2. The zero-order valence-corrected chi connectivity index (χ0v) is 16.2. The Bertz CT molecular complexity index is 807. The van der Waals surface area contributed by atoms with E-state index in [0.29, 0.717) is 37.6 Å². The lowest BCUT2D eigenvalue weighted by Crippen LogP contribution is -2.46. The molecule has 0 aliphatic carbocycles. The van der Waals surface area contributed by atoms with Crippen molar-refractivity contribution in [2.24, 2.45) is 0 Å². The molecule has 1 heterocycles. The number of hydrogen-bond acceptors (Lipinski definition) is 5. The maximum atomic E-state index is 12.7. The molecular formula is C18H18F3NO4S2. The van der Waals surface area contributed by atoms with E-state index in [0.717, 1.165) is 17.0 Å². The van der Waals surface area contributed by atoms with Gasteiger partial charge in [-0.25, -0.2) is 5.48 Å². The van der Waals surface area contributed by atoms with Gasteiger partial charge in [0.05, 0.1) is 4.90 Å². The summed E-state index contributed by atoms with van der Waals surface area (Å²) in [6.45, 7) is 0.856. The first-order valence-electron chi connectivity index (χ1n) is 8.34. The van der Waals surface area contributed by atoms with Crippen molar-refractivity contribution in [2.75, 3.05) is 13.2 Å². The van der Waals surface area contributed by atoms with Crippen LogP contribution in [0.25, 0.3) is 0 Å². The van der Waals surface area contributed by atoms with Gasteiger partial charge in [0.1, 0.15) is 16.2 Å². The van der Waals surface area contributed by atoms with E-state index < -0.39 is 26.7 Å². The molecule has 10 heteroatoms. The van der Waals surface area contributed by atoms with Crippen LogP contribution >= 0.6 is 22.9 Å². The van der Waals surface area contributed by atoms with Crippen LogP contribution in [0.2, 0.25) is 0 Å². The van der Waals surface area contributed by atoms with Gasteiger partial charge < -0.3 is 9.47 Å². The van der Waals surface area contributed by atoms with Crippen LogP contribution in [0.4, 0.5) is 11.7 Å². The Hall–Kier alpha value is -1.88. The average molecular weight is 433 g/mol. The predicted octanol–water partition coefficient (Wildman–Crippen LogP) is 5.44. The molecule has 2 N–H and O–H groups in total. The van der Waals surface area contributed by atoms with E-state index in [2.05, 4.69) is 0 Å². The fraction of sp³-hybridized carbons (Fsp3) is 0.278. The van der Waals surface area contributed by atoms with Gasteiger partial charge in [0, 0.05) is 18.1 Å². The second-order valence-corrected chi connectivity index (χ2v) is 8.84. The van der Waals surface area contributed by atoms with Crippen molar-refractivity contribution in [3.63, 3.8) is 0 Å². The highest BCUT2D eigenvalue weighted by molar-refractivity contribution is 8.20. The Balaban J connectivity index is 1.68. The fourth-order valence-electron chi connectivity index (χ4n) is 2.78. The molecule has 5 nitrogen and oxygen atoms in total. The second kappa shape index (κ2) is 8.64. The van der Waals surface area contributed by atoms with E-state index in [-0.39, 0.29) is 0 Å². The van der Waals surface area contributed by atoms with E-state index in [1.54, 1.807) is 29.7 Å². The van der Waals surface area contributed by atoms with Crippen LogP contribution in [-0.2, 0) is 9.53 Å². The van der Waals surface area contributed by atoms with Gasteiger partial charge in [-0.1, -0.05) is 0 Å². The van der Waals surface area contributed by atoms with E-state index >= 15 is 0 Å². The number of carbonyl (C=O) groups is 1. The zero-order valence-electron chi connectivity index (χ0n) is 14.6. The van der Waals surface area contributed by atoms with Crippen LogP contribution in [0.5, 0.6) is 11.5 Å². The Morgan fingerprint density at radius 2 is 1.57 bits per heavy atom. The molecule has 2 aromatic rings. The van der Waals surface area contributed by atoms with Gasteiger partial charge in [0.25, 0.3) is 5.91 Å². The quantitative estimate of drug-likeness (QED) is 0.469. The first-order valence-corrected chi connectivity index (χ1v) is 10.5. The van der Waals surface area contributed by atoms with E-state index in [4.69, 9.17) is 14.7 Å². The molecule has 2 aromatic carbocycles. The monoisotopic (exact) mass is 433 g/mol. The maximum Gasteiger partial charge on any atom is 0.260 e. The van der Waals surface area contributed by atoms with Gasteiger partial charge in [-0.15, -0.1) is 23.4 Å². The summed E-state index contributed by atoms with van der Waals surface area (Å²) in [5.74, 6) is 0.297. The number of carbonyl (C=O) groups excluding carboxylic acids is 1. The molecule has 1 saturated heterocycles. The minimum atomic E-state index is -5.25. The number of benzene rings is 2. The standard InChI is InChI=1S/C18H18F3NO4S2/c19-28(20,21)16-7-3-14(4-8-16)26-13-1-5-15(6-2-13)27-18(17(23)22-24)9-11-25-12-10-18/h1-8,24H,9-12H2,(H,22,23). The third kappa shape index (κ3) is 4.93. The van der Waals surface area contributed by atoms with Crippen molar-refractivity contribution in [1.82, 2.24) is 5.48 Å². The number of rotatable bonds is 6. The van der Waals surface area contributed by atoms with Gasteiger partial charge >= 0.3 is 0 Å². The van der Waals surface area contributed by atoms with Crippen molar-refractivity contribution in [2.45, 2.75) is 27.4 Å². The van der Waals surface area contributed by atoms with Gasteiger partial charge in [0.15, 0.2) is 0 Å². The third-order valence-corrected chi connectivity index (χ3v) is 6.58. The molecule has 0 unspecified atom stereocenters. The topological polar surface area (TPSA) is 67.8 Å². The number of hydrogen-bond donors (Lipinski definition) is 2. The average Bonchev–Trinajstić information content (AvgIpc) is 2.69. The van der Waals surface area contributed by atoms with Crippen LogP contribution in [0.1, 0.15) is 12.8 Å². The minimum absolute atomic E-state index is 0.299. The Morgan fingerprint density at radius 1 is 1.04 bits per heavy atom. The summed E-state index contributed by atoms with van der Waals surface area (Å²) in [7, 11) is 0. The molecule has 152 valence electrons. The van der Waals surface area contributed by atoms with Crippen molar-refractivity contribution in [1.29, 1.82) is 0 Å². The van der Waals surface area contributed by atoms with E-state index in [9.17, 15) is 16.5 Å². The fourth-order valence-corrected chi connectivity index (χ4v) is 4.46. The summed E-state index contributed by atoms with van der Waals surface area (Å²) in [6, 6.07) is 11.4. The predicted molar refractivity (Wildman–Crippen MR) is 101 cm³/mol. The highest BCUT2D eigenvalue weighted by atomic mass is 32.3. The normalized spacial score (nSPS) is 17.0. The molecule has 3 rings (SSSR count). The molecule has 1 fully saturated rings. The smallest absolute Gasteiger partial charge is 0.260 e.